The second-order valence-electron chi connectivity index (χ2n) is 9.32. The van der Waals surface area contributed by atoms with E-state index >= 15 is 0 Å². The number of hydrogen-bond donors (Lipinski definition) is 2. The number of benzene rings is 3. The molecule has 11 heteroatoms. The number of hydrogen-bond acceptors (Lipinski definition) is 9. The van der Waals surface area contributed by atoms with E-state index in [1.54, 1.807) is 21.3 Å². The van der Waals surface area contributed by atoms with Gasteiger partial charge in [-0.25, -0.2) is 9.59 Å². The fourth-order valence-corrected chi connectivity index (χ4v) is 4.37. The van der Waals surface area contributed by atoms with Crippen LogP contribution in [-0.2, 0) is 22.7 Å². The van der Waals surface area contributed by atoms with Gasteiger partial charge < -0.3 is 33.9 Å². The Morgan fingerprint density at radius 1 is 0.690 bits per heavy atom. The highest BCUT2D eigenvalue weighted by atomic mass is 16.5. The molecule has 1 aliphatic rings. The van der Waals surface area contributed by atoms with Crippen LogP contribution in [-0.4, -0.2) is 92.6 Å². The lowest BCUT2D eigenvalue weighted by atomic mass is 10.1. The summed E-state index contributed by atoms with van der Waals surface area (Å²) in [6, 6.07) is 22.0. The van der Waals surface area contributed by atoms with Gasteiger partial charge in [0.25, 0.3) is 0 Å². The second-order valence-corrected chi connectivity index (χ2v) is 9.32. The number of rotatable bonds is 12. The molecule has 0 aromatic heterocycles. The molecule has 0 bridgehead atoms. The van der Waals surface area contributed by atoms with Crippen molar-refractivity contribution in [3.63, 3.8) is 0 Å². The molecular weight excluding hydrogens is 544 g/mol. The number of ether oxygens (including phenoxy) is 5. The molecule has 1 fully saturated rings. The quantitative estimate of drug-likeness (QED) is 0.304. The lowest BCUT2D eigenvalue weighted by Gasteiger charge is -2.34. The number of methoxy groups -OCH3 is 3. The Morgan fingerprint density at radius 3 is 1.81 bits per heavy atom. The van der Waals surface area contributed by atoms with Gasteiger partial charge in [0.2, 0.25) is 5.75 Å². The summed E-state index contributed by atoms with van der Waals surface area (Å²) in [7, 11) is 4.94. The van der Waals surface area contributed by atoms with Crippen molar-refractivity contribution < 1.29 is 43.5 Å². The van der Waals surface area contributed by atoms with Gasteiger partial charge >= 0.3 is 11.9 Å². The summed E-state index contributed by atoms with van der Waals surface area (Å²) >= 11 is 0. The van der Waals surface area contributed by atoms with E-state index < -0.39 is 11.9 Å². The van der Waals surface area contributed by atoms with Crippen molar-refractivity contribution in [3.8, 4) is 28.7 Å². The minimum absolute atomic E-state index is 0.561. The Hall–Kier alpha value is -4.48. The van der Waals surface area contributed by atoms with Gasteiger partial charge in [-0.15, -0.1) is 0 Å². The van der Waals surface area contributed by atoms with Gasteiger partial charge in [-0.05, 0) is 35.9 Å². The normalized spacial score (nSPS) is 13.3. The molecule has 0 aliphatic carbocycles. The van der Waals surface area contributed by atoms with E-state index in [0.29, 0.717) is 24.7 Å². The van der Waals surface area contributed by atoms with E-state index in [1.165, 1.54) is 0 Å². The van der Waals surface area contributed by atoms with Gasteiger partial charge in [-0.1, -0.05) is 36.4 Å². The van der Waals surface area contributed by atoms with Crippen LogP contribution in [0.25, 0.3) is 0 Å². The molecule has 0 unspecified atom stereocenters. The maximum atomic E-state index is 9.10. The molecular formula is C31H38N2O9. The lowest BCUT2D eigenvalue weighted by molar-refractivity contribution is -0.159. The van der Waals surface area contributed by atoms with Crippen molar-refractivity contribution in [2.24, 2.45) is 0 Å². The molecule has 3 aromatic carbocycles. The van der Waals surface area contributed by atoms with Crippen LogP contribution < -0.4 is 23.7 Å². The van der Waals surface area contributed by atoms with Gasteiger partial charge in [-0.2, -0.15) is 0 Å². The number of aliphatic carboxylic acids is 2. The van der Waals surface area contributed by atoms with E-state index in [-0.39, 0.29) is 0 Å². The van der Waals surface area contributed by atoms with Crippen molar-refractivity contribution in [1.82, 2.24) is 9.80 Å². The first-order valence-electron chi connectivity index (χ1n) is 13.4. The van der Waals surface area contributed by atoms with E-state index in [4.69, 9.17) is 43.5 Å². The Bertz CT molecular complexity index is 1250. The molecule has 0 amide bonds. The van der Waals surface area contributed by atoms with Crippen LogP contribution in [0, 0.1) is 0 Å². The molecule has 1 heterocycles. The summed E-state index contributed by atoms with van der Waals surface area (Å²) in [5, 5.41) is 14.8. The summed E-state index contributed by atoms with van der Waals surface area (Å²) in [6.45, 7) is 6.93. The first kappa shape index (κ1) is 32.0. The third-order valence-corrected chi connectivity index (χ3v) is 6.58. The Balaban J connectivity index is 0.000000730. The SMILES string of the molecule is COc1ccc(CN2CCN(CCOc3ccc(OCc4ccccc4)cc3)CC2)c(OC)c1OC.O=C(O)C(=O)O. The maximum Gasteiger partial charge on any atom is 0.414 e. The van der Waals surface area contributed by atoms with Crippen LogP contribution in [0.5, 0.6) is 28.7 Å². The van der Waals surface area contributed by atoms with Crippen molar-refractivity contribution in [1.29, 1.82) is 0 Å². The third kappa shape index (κ3) is 9.86. The predicted molar refractivity (Wildman–Crippen MR) is 156 cm³/mol. The van der Waals surface area contributed by atoms with Crippen molar-refractivity contribution in [2.45, 2.75) is 13.2 Å². The van der Waals surface area contributed by atoms with Crippen LogP contribution >= 0.6 is 0 Å². The van der Waals surface area contributed by atoms with E-state index in [2.05, 4.69) is 28.0 Å². The van der Waals surface area contributed by atoms with Gasteiger partial charge in [0.05, 0.1) is 21.3 Å². The standard InChI is InChI=1S/C29H36N2O5.C2H2O4/c1-32-27-14-9-24(28(33-2)29(27)34-3)21-31-17-15-30(16-18-31)19-20-35-25-10-12-26(13-11-25)36-22-23-7-5-4-6-8-23;3-1(4)2(5)6/h4-14H,15-22H2,1-3H3;(H,3,4)(H,5,6). The van der Waals surface area contributed by atoms with E-state index in [0.717, 1.165) is 67.6 Å². The monoisotopic (exact) mass is 582 g/mol. The number of nitrogens with zero attached hydrogens (tertiary/aromatic N) is 2. The molecule has 2 N–H and O–H groups in total. The minimum atomic E-state index is -1.82. The molecule has 4 rings (SSSR count). The predicted octanol–water partition coefficient (Wildman–Crippen LogP) is 3.64. The van der Waals surface area contributed by atoms with Gasteiger partial charge in [0.1, 0.15) is 24.7 Å². The first-order valence-corrected chi connectivity index (χ1v) is 13.4. The molecule has 42 heavy (non-hydrogen) atoms. The fraction of sp³-hybridized carbons (Fsp3) is 0.355. The van der Waals surface area contributed by atoms with E-state index in [9.17, 15) is 0 Å². The Morgan fingerprint density at radius 2 is 1.26 bits per heavy atom. The Labute approximate surface area is 245 Å². The Kier molecular flexibility index (Phi) is 12.7. The van der Waals surface area contributed by atoms with Crippen molar-refractivity contribution >= 4 is 11.9 Å². The zero-order chi connectivity index (χ0) is 30.3. The van der Waals surface area contributed by atoms with Crippen LogP contribution in [0.1, 0.15) is 11.1 Å². The molecule has 0 saturated carbocycles. The van der Waals surface area contributed by atoms with Crippen LogP contribution in [0.2, 0.25) is 0 Å². The van der Waals surface area contributed by atoms with Crippen LogP contribution in [0.15, 0.2) is 66.7 Å². The number of carboxylic acids is 2. The summed E-state index contributed by atoms with van der Waals surface area (Å²) in [5.41, 5.74) is 2.25. The third-order valence-electron chi connectivity index (χ3n) is 6.58. The highest BCUT2D eigenvalue weighted by Crippen LogP contribution is 2.40. The molecule has 0 radical (unpaired) electrons. The van der Waals surface area contributed by atoms with Crippen LogP contribution in [0.3, 0.4) is 0 Å². The fourth-order valence-electron chi connectivity index (χ4n) is 4.37. The second kappa shape index (κ2) is 16.7. The molecule has 226 valence electrons. The average molecular weight is 583 g/mol. The summed E-state index contributed by atoms with van der Waals surface area (Å²) < 4.78 is 28.4. The average Bonchev–Trinajstić information content (AvgIpc) is 3.02. The molecule has 3 aromatic rings. The topological polar surface area (TPSA) is 127 Å². The van der Waals surface area contributed by atoms with Gasteiger partial charge in [-0.3, -0.25) is 9.80 Å². The number of carboxylic acid groups (broad SMARTS) is 2. The smallest absolute Gasteiger partial charge is 0.414 e. The van der Waals surface area contributed by atoms with Crippen LogP contribution in [0.4, 0.5) is 0 Å². The molecule has 0 spiro atoms. The number of carbonyl (C=O) groups is 2. The highest BCUT2D eigenvalue weighted by molar-refractivity contribution is 6.27. The number of piperazine rings is 1. The van der Waals surface area contributed by atoms with Gasteiger partial charge in [0.15, 0.2) is 11.5 Å². The first-order chi connectivity index (χ1) is 20.3. The summed E-state index contributed by atoms with van der Waals surface area (Å²) in [5.74, 6) is 0.116. The van der Waals surface area contributed by atoms with Crippen molar-refractivity contribution in [3.05, 3.63) is 77.9 Å². The maximum absolute atomic E-state index is 9.10. The molecule has 11 nitrogen and oxygen atoms in total. The highest BCUT2D eigenvalue weighted by Gasteiger charge is 2.21. The minimum Gasteiger partial charge on any atom is -0.493 e. The van der Waals surface area contributed by atoms with Crippen molar-refractivity contribution in [2.75, 3.05) is 60.7 Å². The molecule has 1 saturated heterocycles. The van der Waals surface area contributed by atoms with Gasteiger partial charge in [0, 0.05) is 44.8 Å². The lowest BCUT2D eigenvalue weighted by Crippen LogP contribution is -2.47. The zero-order valence-corrected chi connectivity index (χ0v) is 24.2. The summed E-state index contributed by atoms with van der Waals surface area (Å²) in [6.07, 6.45) is 0. The molecule has 0 atom stereocenters. The molecule has 1 aliphatic heterocycles. The largest absolute Gasteiger partial charge is 0.493 e. The van der Waals surface area contributed by atoms with E-state index in [1.807, 2.05) is 48.5 Å². The zero-order valence-electron chi connectivity index (χ0n) is 24.2. The summed E-state index contributed by atoms with van der Waals surface area (Å²) in [4.78, 5) is 23.1.